The monoisotopic (exact) mass is 260 g/mol. The summed E-state index contributed by atoms with van der Waals surface area (Å²) in [5.41, 5.74) is 7.19. The first-order valence-electron chi connectivity index (χ1n) is 6.57. The van der Waals surface area contributed by atoms with E-state index in [0.29, 0.717) is 12.1 Å². The molecule has 0 radical (unpaired) electrons. The van der Waals surface area contributed by atoms with Gasteiger partial charge in [0, 0.05) is 18.7 Å². The molecule has 5 nitrogen and oxygen atoms in total. The van der Waals surface area contributed by atoms with Crippen molar-refractivity contribution in [3.63, 3.8) is 0 Å². The predicted octanol–water partition coefficient (Wildman–Crippen LogP) is 0.681. The van der Waals surface area contributed by atoms with Crippen LogP contribution in [-0.4, -0.2) is 35.8 Å². The number of likely N-dealkylation sites (N-methyl/N-ethyl adjacent to an activating group) is 1. The number of carbonyl (C=O) groups excluding carboxylic acids is 1. The second-order valence-electron chi connectivity index (χ2n) is 4.77. The van der Waals surface area contributed by atoms with Gasteiger partial charge in [-0.1, -0.05) is 25.1 Å². The molecule has 0 saturated carbocycles. The third-order valence-corrected chi connectivity index (χ3v) is 3.36. The highest BCUT2D eigenvalue weighted by molar-refractivity contribution is 5.95. The molecule has 0 aromatic heterocycles. The van der Waals surface area contributed by atoms with Gasteiger partial charge in [0.25, 0.3) is 0 Å². The van der Waals surface area contributed by atoms with Crippen LogP contribution in [0.1, 0.15) is 24.5 Å². The van der Waals surface area contributed by atoms with E-state index in [1.165, 1.54) is 0 Å². The molecule has 0 aliphatic carbocycles. The van der Waals surface area contributed by atoms with Gasteiger partial charge in [-0.25, -0.2) is 0 Å². The Hall–Kier alpha value is -1.88. The lowest BCUT2D eigenvalue weighted by atomic mass is 10.1. The van der Waals surface area contributed by atoms with E-state index in [4.69, 9.17) is 11.1 Å². The highest BCUT2D eigenvalue weighted by Crippen LogP contribution is 2.15. The Balaban J connectivity index is 2.04. The minimum Gasteiger partial charge on any atom is -0.384 e. The Labute approximate surface area is 113 Å². The molecule has 1 amide bonds. The molecule has 19 heavy (non-hydrogen) atoms. The van der Waals surface area contributed by atoms with Crippen molar-refractivity contribution in [1.29, 1.82) is 5.41 Å². The number of nitrogens with two attached hydrogens (primary N) is 1. The Morgan fingerprint density at radius 2 is 2.37 bits per heavy atom. The van der Waals surface area contributed by atoms with Crippen LogP contribution in [0.3, 0.4) is 0 Å². The Bertz CT molecular complexity index is 486. The van der Waals surface area contributed by atoms with E-state index in [0.717, 1.165) is 25.1 Å². The fourth-order valence-corrected chi connectivity index (χ4v) is 2.39. The number of carbonyl (C=O) groups is 1. The number of likely N-dealkylation sites (tertiary alicyclic amines) is 1. The number of hydrogen-bond donors (Lipinski definition) is 3. The van der Waals surface area contributed by atoms with E-state index in [9.17, 15) is 4.79 Å². The van der Waals surface area contributed by atoms with Crippen molar-refractivity contribution in [1.82, 2.24) is 10.2 Å². The first-order chi connectivity index (χ1) is 9.11. The van der Waals surface area contributed by atoms with Gasteiger partial charge in [-0.05, 0) is 24.6 Å². The number of nitrogens with zero attached hydrogens (tertiary/aromatic N) is 1. The summed E-state index contributed by atoms with van der Waals surface area (Å²) in [6.45, 7) is 4.18. The lowest BCUT2D eigenvalue weighted by molar-refractivity contribution is -0.129. The SMILES string of the molecule is CCN[C@H]1CCN(Cc2cccc(C(=N)N)c2)C1=O. The van der Waals surface area contributed by atoms with Crippen molar-refractivity contribution in [2.24, 2.45) is 5.73 Å². The van der Waals surface area contributed by atoms with Crippen molar-refractivity contribution in [2.75, 3.05) is 13.1 Å². The zero-order chi connectivity index (χ0) is 13.8. The predicted molar refractivity (Wildman–Crippen MR) is 75.0 cm³/mol. The summed E-state index contributed by atoms with van der Waals surface area (Å²) < 4.78 is 0. The molecule has 1 fully saturated rings. The number of nitrogens with one attached hydrogen (secondary N) is 2. The molecule has 102 valence electrons. The van der Waals surface area contributed by atoms with E-state index in [-0.39, 0.29) is 17.8 Å². The van der Waals surface area contributed by atoms with Gasteiger partial charge in [0.2, 0.25) is 5.91 Å². The molecule has 1 aromatic carbocycles. The van der Waals surface area contributed by atoms with Crippen LogP contribution in [0.25, 0.3) is 0 Å². The highest BCUT2D eigenvalue weighted by Gasteiger charge is 2.30. The fraction of sp³-hybridized carbons (Fsp3) is 0.429. The van der Waals surface area contributed by atoms with E-state index in [1.807, 2.05) is 30.0 Å². The van der Waals surface area contributed by atoms with Crippen LogP contribution < -0.4 is 11.1 Å². The highest BCUT2D eigenvalue weighted by atomic mass is 16.2. The quantitative estimate of drug-likeness (QED) is 0.538. The topological polar surface area (TPSA) is 82.2 Å². The molecule has 1 aliphatic rings. The normalized spacial score (nSPS) is 18.9. The van der Waals surface area contributed by atoms with Crippen molar-refractivity contribution in [3.05, 3.63) is 35.4 Å². The molecule has 1 saturated heterocycles. The minimum atomic E-state index is -0.0408. The van der Waals surface area contributed by atoms with Crippen LogP contribution in [0, 0.1) is 5.41 Å². The van der Waals surface area contributed by atoms with Crippen LogP contribution in [0.4, 0.5) is 0 Å². The van der Waals surface area contributed by atoms with Crippen LogP contribution >= 0.6 is 0 Å². The molecular weight excluding hydrogens is 240 g/mol. The first-order valence-corrected chi connectivity index (χ1v) is 6.57. The molecule has 5 heteroatoms. The van der Waals surface area contributed by atoms with Gasteiger partial charge < -0.3 is 16.0 Å². The Kier molecular flexibility index (Phi) is 4.16. The molecule has 1 atom stereocenters. The van der Waals surface area contributed by atoms with E-state index >= 15 is 0 Å². The summed E-state index contributed by atoms with van der Waals surface area (Å²) in [4.78, 5) is 14.0. The molecule has 1 heterocycles. The second kappa shape index (κ2) is 5.84. The Morgan fingerprint density at radius 1 is 1.58 bits per heavy atom. The van der Waals surface area contributed by atoms with Crippen LogP contribution in [0.15, 0.2) is 24.3 Å². The van der Waals surface area contributed by atoms with Gasteiger partial charge >= 0.3 is 0 Å². The molecule has 0 unspecified atom stereocenters. The smallest absolute Gasteiger partial charge is 0.240 e. The largest absolute Gasteiger partial charge is 0.384 e. The summed E-state index contributed by atoms with van der Waals surface area (Å²) >= 11 is 0. The van der Waals surface area contributed by atoms with Crippen molar-refractivity contribution in [3.8, 4) is 0 Å². The van der Waals surface area contributed by atoms with Gasteiger partial charge in [-0.15, -0.1) is 0 Å². The number of amides is 1. The third kappa shape index (κ3) is 3.12. The van der Waals surface area contributed by atoms with Gasteiger partial charge in [-0.2, -0.15) is 0 Å². The lowest BCUT2D eigenvalue weighted by Crippen LogP contribution is -2.37. The number of hydrogen-bond acceptors (Lipinski definition) is 3. The zero-order valence-electron chi connectivity index (χ0n) is 11.1. The van der Waals surface area contributed by atoms with Gasteiger partial charge in [0.1, 0.15) is 5.84 Å². The number of benzene rings is 1. The summed E-state index contributed by atoms with van der Waals surface area (Å²) in [7, 11) is 0. The summed E-state index contributed by atoms with van der Waals surface area (Å²) in [6, 6.07) is 7.46. The summed E-state index contributed by atoms with van der Waals surface area (Å²) in [5.74, 6) is 0.218. The van der Waals surface area contributed by atoms with Gasteiger partial charge in [0.05, 0.1) is 6.04 Å². The standard InChI is InChI=1S/C14H20N4O/c1-2-17-12-6-7-18(14(12)19)9-10-4-3-5-11(8-10)13(15)16/h3-5,8,12,17H,2,6-7,9H2,1H3,(H3,15,16)/t12-/m0/s1. The van der Waals surface area contributed by atoms with Crippen LogP contribution in [-0.2, 0) is 11.3 Å². The molecular formula is C14H20N4O. The molecule has 4 N–H and O–H groups in total. The van der Waals surface area contributed by atoms with Gasteiger partial charge in [0.15, 0.2) is 0 Å². The number of amidine groups is 1. The summed E-state index contributed by atoms with van der Waals surface area (Å²) in [6.07, 6.45) is 0.860. The number of nitrogen functional groups attached to an aromatic ring is 1. The van der Waals surface area contributed by atoms with E-state index in [1.54, 1.807) is 6.07 Å². The summed E-state index contributed by atoms with van der Waals surface area (Å²) in [5, 5.41) is 10.6. The Morgan fingerprint density at radius 3 is 3.05 bits per heavy atom. The maximum absolute atomic E-state index is 12.1. The molecule has 0 bridgehead atoms. The van der Waals surface area contributed by atoms with Crippen LogP contribution in [0.5, 0.6) is 0 Å². The van der Waals surface area contributed by atoms with Crippen LogP contribution in [0.2, 0.25) is 0 Å². The second-order valence-corrected chi connectivity index (χ2v) is 4.77. The number of rotatable bonds is 5. The fourth-order valence-electron chi connectivity index (χ4n) is 2.39. The molecule has 1 aliphatic heterocycles. The average Bonchev–Trinajstić information content (AvgIpc) is 2.72. The maximum Gasteiger partial charge on any atom is 0.240 e. The molecule has 1 aromatic rings. The molecule has 2 rings (SSSR count). The van der Waals surface area contributed by atoms with Gasteiger partial charge in [-0.3, -0.25) is 10.2 Å². The molecule has 0 spiro atoms. The first kappa shape index (κ1) is 13.5. The average molecular weight is 260 g/mol. The minimum absolute atomic E-state index is 0.0408. The van der Waals surface area contributed by atoms with Crippen molar-refractivity contribution >= 4 is 11.7 Å². The lowest BCUT2D eigenvalue weighted by Gasteiger charge is -2.17. The third-order valence-electron chi connectivity index (χ3n) is 3.36. The van der Waals surface area contributed by atoms with Crippen molar-refractivity contribution in [2.45, 2.75) is 25.9 Å². The van der Waals surface area contributed by atoms with E-state index in [2.05, 4.69) is 5.32 Å². The van der Waals surface area contributed by atoms with Crippen molar-refractivity contribution < 1.29 is 4.79 Å². The zero-order valence-corrected chi connectivity index (χ0v) is 11.1. The van der Waals surface area contributed by atoms with E-state index < -0.39 is 0 Å². The maximum atomic E-state index is 12.1.